The Bertz CT molecular complexity index is 912. The number of ether oxygens (including phenoxy) is 1. The summed E-state index contributed by atoms with van der Waals surface area (Å²) in [5.74, 6) is 0.155. The highest BCUT2D eigenvalue weighted by Gasteiger charge is 2.48. The molecule has 1 aliphatic heterocycles. The summed E-state index contributed by atoms with van der Waals surface area (Å²) >= 11 is 1.55. The molecular weight excluding hydrogens is 386 g/mol. The molecule has 0 saturated carbocycles. The Kier molecular flexibility index (Phi) is 5.07. The maximum absolute atomic E-state index is 12.6. The van der Waals surface area contributed by atoms with Crippen LogP contribution in [-0.2, 0) is 9.53 Å². The molecule has 1 fully saturated rings. The van der Waals surface area contributed by atoms with Gasteiger partial charge in [-0.3, -0.25) is 0 Å². The van der Waals surface area contributed by atoms with Crippen molar-refractivity contribution in [2.45, 2.75) is 31.7 Å². The molecule has 1 amide bonds. The second-order valence-corrected chi connectivity index (χ2v) is 9.66. The van der Waals surface area contributed by atoms with Gasteiger partial charge >= 0.3 is 12.1 Å². The normalized spacial score (nSPS) is 22.4. The summed E-state index contributed by atoms with van der Waals surface area (Å²) in [4.78, 5) is 24.6. The first kappa shape index (κ1) is 19.8. The number of alkyl carbamates (subject to hydrolysis) is 1. The summed E-state index contributed by atoms with van der Waals surface area (Å²) < 4.78 is 5.56. The summed E-state index contributed by atoms with van der Waals surface area (Å²) in [6.45, 7) is 4.22. The first-order valence-electron chi connectivity index (χ1n) is 9.76. The third kappa shape index (κ3) is 3.73. The van der Waals surface area contributed by atoms with Gasteiger partial charge in [0.15, 0.2) is 0 Å². The Labute approximate surface area is 174 Å². The molecule has 1 aliphatic carbocycles. The zero-order valence-electron chi connectivity index (χ0n) is 16.6. The minimum absolute atomic E-state index is 0.0499. The molecule has 0 radical (unpaired) electrons. The van der Waals surface area contributed by atoms with Gasteiger partial charge in [0, 0.05) is 11.7 Å². The van der Waals surface area contributed by atoms with Gasteiger partial charge in [-0.2, -0.15) is 11.8 Å². The quantitative estimate of drug-likeness (QED) is 0.774. The molecule has 6 heteroatoms. The van der Waals surface area contributed by atoms with Gasteiger partial charge in [-0.1, -0.05) is 62.4 Å². The van der Waals surface area contributed by atoms with Crippen molar-refractivity contribution in [2.24, 2.45) is 5.41 Å². The van der Waals surface area contributed by atoms with Gasteiger partial charge in [-0.25, -0.2) is 9.59 Å². The van der Waals surface area contributed by atoms with E-state index in [-0.39, 0.29) is 17.9 Å². The predicted octanol–water partition coefficient (Wildman–Crippen LogP) is 4.51. The first-order chi connectivity index (χ1) is 13.8. The molecule has 2 aromatic rings. The summed E-state index contributed by atoms with van der Waals surface area (Å²) in [5.41, 5.74) is 3.11. The van der Waals surface area contributed by atoms with Crippen LogP contribution in [0.2, 0.25) is 0 Å². The van der Waals surface area contributed by atoms with Crippen LogP contribution in [0.4, 0.5) is 4.79 Å². The van der Waals surface area contributed by atoms with Gasteiger partial charge in [0.1, 0.15) is 12.1 Å². The second kappa shape index (κ2) is 7.41. The standard InChI is InChI=1S/C23H25NO4S/c1-22(2)12-23(20(25)26,14-29-13-22)24-21(27)28-11-19-17-9-5-3-7-15(17)16-8-4-6-10-18(16)19/h3-10,19H,11-14H2,1-2H3,(H,24,27)(H,25,26). The average Bonchev–Trinajstić information content (AvgIpc) is 2.99. The van der Waals surface area contributed by atoms with Crippen molar-refractivity contribution < 1.29 is 19.4 Å². The van der Waals surface area contributed by atoms with E-state index >= 15 is 0 Å². The van der Waals surface area contributed by atoms with E-state index in [2.05, 4.69) is 29.6 Å². The van der Waals surface area contributed by atoms with E-state index in [9.17, 15) is 14.7 Å². The van der Waals surface area contributed by atoms with Crippen molar-refractivity contribution in [1.82, 2.24) is 5.32 Å². The van der Waals surface area contributed by atoms with Crippen molar-refractivity contribution >= 4 is 23.8 Å². The van der Waals surface area contributed by atoms with Gasteiger partial charge in [-0.15, -0.1) is 0 Å². The summed E-state index contributed by atoms with van der Waals surface area (Å²) in [6, 6.07) is 16.2. The number of carboxylic acids is 1. The van der Waals surface area contributed by atoms with Crippen LogP contribution >= 0.6 is 11.8 Å². The molecule has 1 saturated heterocycles. The number of amides is 1. The Balaban J connectivity index is 1.49. The molecule has 1 atom stereocenters. The van der Waals surface area contributed by atoms with E-state index in [4.69, 9.17) is 4.74 Å². The molecule has 152 valence electrons. The van der Waals surface area contributed by atoms with Gasteiger partial charge in [0.05, 0.1) is 0 Å². The van der Waals surface area contributed by atoms with E-state index < -0.39 is 17.6 Å². The molecule has 0 aromatic heterocycles. The van der Waals surface area contributed by atoms with E-state index in [1.165, 1.54) is 0 Å². The molecule has 1 unspecified atom stereocenters. The highest BCUT2D eigenvalue weighted by molar-refractivity contribution is 7.99. The number of hydrogen-bond acceptors (Lipinski definition) is 4. The van der Waals surface area contributed by atoms with Crippen LogP contribution in [0.5, 0.6) is 0 Å². The molecule has 0 spiro atoms. The SMILES string of the molecule is CC1(C)CSCC(NC(=O)OCC2c3ccccc3-c3ccccc32)(C(=O)O)C1. The van der Waals surface area contributed by atoms with Crippen LogP contribution < -0.4 is 5.32 Å². The number of carboxylic acid groups (broad SMARTS) is 1. The van der Waals surface area contributed by atoms with Gasteiger partial charge in [-0.05, 0) is 39.8 Å². The Morgan fingerprint density at radius 3 is 2.21 bits per heavy atom. The number of carbonyl (C=O) groups excluding carboxylic acids is 1. The van der Waals surface area contributed by atoms with E-state index in [0.29, 0.717) is 12.2 Å². The molecule has 1 heterocycles. The molecule has 29 heavy (non-hydrogen) atoms. The number of carbonyl (C=O) groups is 2. The lowest BCUT2D eigenvalue weighted by Crippen LogP contribution is -2.60. The zero-order chi connectivity index (χ0) is 20.6. The lowest BCUT2D eigenvalue weighted by molar-refractivity contribution is -0.145. The number of nitrogens with one attached hydrogen (secondary N) is 1. The fourth-order valence-electron chi connectivity index (χ4n) is 4.52. The number of thioether (sulfide) groups is 1. The largest absolute Gasteiger partial charge is 0.479 e. The summed E-state index contributed by atoms with van der Waals surface area (Å²) in [6.07, 6.45) is -0.292. The molecule has 0 bridgehead atoms. The van der Waals surface area contributed by atoms with Crippen molar-refractivity contribution in [3.8, 4) is 11.1 Å². The fourth-order valence-corrected chi connectivity index (χ4v) is 5.92. The minimum Gasteiger partial charge on any atom is -0.479 e. The van der Waals surface area contributed by atoms with Crippen molar-refractivity contribution in [3.05, 3.63) is 59.7 Å². The summed E-state index contributed by atoms with van der Waals surface area (Å²) in [7, 11) is 0. The number of aliphatic carboxylic acids is 1. The average molecular weight is 412 g/mol. The van der Waals surface area contributed by atoms with Gasteiger partial charge in [0.25, 0.3) is 0 Å². The summed E-state index contributed by atoms with van der Waals surface area (Å²) in [5, 5.41) is 12.5. The molecule has 4 rings (SSSR count). The minimum atomic E-state index is -1.30. The second-order valence-electron chi connectivity index (χ2n) is 8.67. The van der Waals surface area contributed by atoms with E-state index in [1.807, 2.05) is 38.1 Å². The fraction of sp³-hybridized carbons (Fsp3) is 0.391. The van der Waals surface area contributed by atoms with Crippen LogP contribution in [0, 0.1) is 5.41 Å². The maximum Gasteiger partial charge on any atom is 0.408 e. The number of hydrogen-bond donors (Lipinski definition) is 2. The van der Waals surface area contributed by atoms with Crippen LogP contribution in [0.25, 0.3) is 11.1 Å². The van der Waals surface area contributed by atoms with Gasteiger partial charge in [0.2, 0.25) is 0 Å². The highest BCUT2D eigenvalue weighted by Crippen LogP contribution is 2.44. The van der Waals surface area contributed by atoms with Crippen LogP contribution in [-0.4, -0.2) is 40.8 Å². The van der Waals surface area contributed by atoms with Crippen LogP contribution in [0.3, 0.4) is 0 Å². The lowest BCUT2D eigenvalue weighted by Gasteiger charge is -2.41. The monoisotopic (exact) mass is 411 g/mol. The maximum atomic E-state index is 12.6. The zero-order valence-corrected chi connectivity index (χ0v) is 17.4. The smallest absolute Gasteiger partial charge is 0.408 e. The van der Waals surface area contributed by atoms with Crippen LogP contribution in [0.1, 0.15) is 37.3 Å². The highest BCUT2D eigenvalue weighted by atomic mass is 32.2. The molecule has 5 nitrogen and oxygen atoms in total. The number of benzene rings is 2. The third-order valence-electron chi connectivity index (χ3n) is 5.72. The topological polar surface area (TPSA) is 75.6 Å². The number of rotatable bonds is 4. The molecule has 2 N–H and O–H groups in total. The van der Waals surface area contributed by atoms with Crippen molar-refractivity contribution in [2.75, 3.05) is 18.1 Å². The first-order valence-corrected chi connectivity index (χ1v) is 10.9. The Morgan fingerprint density at radius 1 is 1.07 bits per heavy atom. The van der Waals surface area contributed by atoms with Crippen molar-refractivity contribution in [3.63, 3.8) is 0 Å². The molecule has 2 aromatic carbocycles. The van der Waals surface area contributed by atoms with Gasteiger partial charge < -0.3 is 15.2 Å². The third-order valence-corrected chi connectivity index (χ3v) is 7.40. The Hall–Kier alpha value is -2.47. The van der Waals surface area contributed by atoms with E-state index in [1.54, 1.807) is 11.8 Å². The molecular formula is C23H25NO4S. The van der Waals surface area contributed by atoms with Crippen molar-refractivity contribution in [1.29, 1.82) is 0 Å². The number of fused-ring (bicyclic) bond motifs is 3. The molecule has 2 aliphatic rings. The Morgan fingerprint density at radius 2 is 1.66 bits per heavy atom. The predicted molar refractivity (Wildman–Crippen MR) is 114 cm³/mol. The van der Waals surface area contributed by atoms with Crippen LogP contribution in [0.15, 0.2) is 48.5 Å². The van der Waals surface area contributed by atoms with E-state index in [0.717, 1.165) is 28.0 Å². The lowest BCUT2D eigenvalue weighted by atomic mass is 9.80.